The van der Waals surface area contributed by atoms with Gasteiger partial charge in [-0.05, 0) is 83.1 Å². The van der Waals surface area contributed by atoms with Crippen molar-refractivity contribution in [2.75, 3.05) is 37.7 Å². The van der Waals surface area contributed by atoms with Gasteiger partial charge in [-0.1, -0.05) is 50.6 Å². The molecule has 62 heavy (non-hydrogen) atoms. The lowest BCUT2D eigenvalue weighted by Crippen LogP contribution is -2.49. The average molecular weight is 889 g/mol. The number of benzene rings is 1. The Labute approximate surface area is 361 Å². The third-order valence-electron chi connectivity index (χ3n) is 13.9. The van der Waals surface area contributed by atoms with Gasteiger partial charge in [0.2, 0.25) is 33.3 Å². The quantitative estimate of drug-likeness (QED) is 0.200. The van der Waals surface area contributed by atoms with Crippen LogP contribution in [0, 0.1) is 29.1 Å². The van der Waals surface area contributed by atoms with Gasteiger partial charge in [-0.25, -0.2) is 13.4 Å². The van der Waals surface area contributed by atoms with Crippen LogP contribution in [-0.4, -0.2) is 103 Å². The molecule has 13 nitrogen and oxygen atoms in total. The normalized spacial score (nSPS) is 30.1. The van der Waals surface area contributed by atoms with Crippen molar-refractivity contribution in [2.24, 2.45) is 29.1 Å². The Morgan fingerprint density at radius 1 is 1.06 bits per heavy atom. The molecular weight excluding hydrogens is 830 g/mol. The van der Waals surface area contributed by atoms with Crippen LogP contribution >= 0.6 is 0 Å². The van der Waals surface area contributed by atoms with Gasteiger partial charge >= 0.3 is 12.1 Å². The van der Waals surface area contributed by atoms with Crippen LogP contribution in [0.15, 0.2) is 42.6 Å². The van der Waals surface area contributed by atoms with Crippen LogP contribution in [0.1, 0.15) is 98.8 Å². The molecule has 2 saturated carbocycles. The highest BCUT2D eigenvalue weighted by molar-refractivity contribution is 7.91. The minimum atomic E-state index is -4.87. The van der Waals surface area contributed by atoms with Gasteiger partial charge in [0.25, 0.3) is 0 Å². The van der Waals surface area contributed by atoms with E-state index in [-0.39, 0.29) is 37.6 Å². The number of ketones is 1. The van der Waals surface area contributed by atoms with E-state index in [1.807, 2.05) is 50.3 Å². The fourth-order valence-electron chi connectivity index (χ4n) is 9.37. The summed E-state index contributed by atoms with van der Waals surface area (Å²) in [7, 11) is -4.04. The summed E-state index contributed by atoms with van der Waals surface area (Å²) in [5.74, 6) is -4.75. The van der Waals surface area contributed by atoms with Crippen molar-refractivity contribution in [2.45, 2.75) is 127 Å². The molecule has 2 amide bonds. The molecule has 0 radical (unpaired) electrons. The number of hydrogen-bond acceptors (Lipinski definition) is 11. The zero-order chi connectivity index (χ0) is 44.8. The second-order valence-corrected chi connectivity index (χ2v) is 21.1. The number of esters is 1. The smallest absolute Gasteiger partial charge is 0.427 e. The van der Waals surface area contributed by atoms with Crippen molar-refractivity contribution in [3.05, 3.63) is 42.6 Å². The second-order valence-electron chi connectivity index (χ2n) is 18.9. The maximum absolute atomic E-state index is 15.1. The molecule has 0 spiro atoms. The minimum Gasteiger partial charge on any atom is -0.472 e. The Kier molecular flexibility index (Phi) is 12.8. The predicted molar refractivity (Wildman–Crippen MR) is 224 cm³/mol. The first-order chi connectivity index (χ1) is 29.2. The van der Waals surface area contributed by atoms with Crippen molar-refractivity contribution >= 4 is 50.1 Å². The number of nitrogens with one attached hydrogen (secondary N) is 1. The van der Waals surface area contributed by atoms with E-state index < -0.39 is 91.8 Å². The zero-order valence-electron chi connectivity index (χ0n) is 36.2. The molecular formula is C45H59F3N4O9S. The molecule has 340 valence electrons. The van der Waals surface area contributed by atoms with Crippen molar-refractivity contribution in [3.63, 3.8) is 0 Å². The van der Waals surface area contributed by atoms with Crippen molar-refractivity contribution in [1.82, 2.24) is 14.6 Å². The van der Waals surface area contributed by atoms with Crippen LogP contribution in [0.3, 0.4) is 0 Å². The Morgan fingerprint density at radius 3 is 2.42 bits per heavy atom. The van der Waals surface area contributed by atoms with Gasteiger partial charge in [0.05, 0.1) is 60.2 Å². The van der Waals surface area contributed by atoms with E-state index in [0.717, 1.165) is 24.9 Å². The van der Waals surface area contributed by atoms with Crippen LogP contribution in [0.25, 0.3) is 10.8 Å². The zero-order valence-corrected chi connectivity index (χ0v) is 37.0. The van der Waals surface area contributed by atoms with E-state index in [1.165, 1.54) is 4.90 Å². The summed E-state index contributed by atoms with van der Waals surface area (Å²) in [6.45, 7) is 9.33. The maximum Gasteiger partial charge on any atom is 0.427 e. The number of ether oxygens (including phenoxy) is 3. The number of fused-ring (bicyclic) bond motifs is 3. The summed E-state index contributed by atoms with van der Waals surface area (Å²) in [6.07, 6.45) is 2.08. The van der Waals surface area contributed by atoms with E-state index >= 15 is 4.79 Å². The molecule has 0 bridgehead atoms. The van der Waals surface area contributed by atoms with Crippen molar-refractivity contribution in [3.8, 4) is 5.88 Å². The molecule has 1 aromatic carbocycles. The second kappa shape index (κ2) is 17.4. The first-order valence-corrected chi connectivity index (χ1v) is 23.4. The Morgan fingerprint density at radius 2 is 1.76 bits per heavy atom. The Bertz CT molecular complexity index is 2190. The number of hydrogen-bond donors (Lipinski definition) is 1. The van der Waals surface area contributed by atoms with Gasteiger partial charge in [-0.3, -0.25) is 23.9 Å². The molecule has 5 aliphatic rings. The number of aromatic nitrogens is 1. The lowest BCUT2D eigenvalue weighted by atomic mass is 9.79. The fraction of sp³-hybridized carbons (Fsp3) is 0.667. The van der Waals surface area contributed by atoms with Gasteiger partial charge in [-0.2, -0.15) is 13.2 Å². The summed E-state index contributed by atoms with van der Waals surface area (Å²) in [5, 5.41) is 1.59. The van der Waals surface area contributed by atoms with Crippen LogP contribution in [0.4, 0.5) is 18.9 Å². The van der Waals surface area contributed by atoms with Crippen molar-refractivity contribution < 1.29 is 55.0 Å². The lowest BCUT2D eigenvalue weighted by molar-refractivity contribution is -0.257. The van der Waals surface area contributed by atoms with Crippen LogP contribution in [0.2, 0.25) is 0 Å². The number of nitrogens with zero attached hydrogens (tertiary/aromatic N) is 3. The largest absolute Gasteiger partial charge is 0.472 e. The monoisotopic (exact) mass is 888 g/mol. The molecule has 2 aliphatic carbocycles. The molecule has 1 N–H and O–H groups in total. The van der Waals surface area contributed by atoms with Gasteiger partial charge in [0, 0.05) is 36.7 Å². The first kappa shape index (κ1) is 45.8. The third kappa shape index (κ3) is 9.34. The number of sulfonamides is 1. The topological polar surface area (TPSA) is 162 Å². The van der Waals surface area contributed by atoms with E-state index in [0.29, 0.717) is 70.2 Å². The number of anilines is 1. The summed E-state index contributed by atoms with van der Waals surface area (Å²) in [6, 6.07) is 6.45. The standard InChI is InChI=1S/C45H59F3N4O9S/c1-6-29-21-28(2)11-7-8-12-30-24-44(30,41(56)50-62(57,58)43(5)15-16-43)25-37(53)35-22-31(27-52(35)40(55)34(29)23-38(54)61-42(3,4)45(46,47)48)60-39-33-14-10-9-13-32(33)36(26-49-39)51-17-19-59-20-18-51/h8-10,12-14,26,28-31,34-35H,6-7,11,15-25,27H2,1-5H3,(H,50,56)/b12-8-/t28-,29+,30+,31+,34-,35-,44+/m0/s1. The van der Waals surface area contributed by atoms with Gasteiger partial charge in [0.15, 0.2) is 5.78 Å². The summed E-state index contributed by atoms with van der Waals surface area (Å²) in [4.78, 5) is 65.7. The van der Waals surface area contributed by atoms with Gasteiger partial charge in [-0.15, -0.1) is 0 Å². The highest BCUT2D eigenvalue weighted by Crippen LogP contribution is 2.58. The number of carbonyl (C=O) groups excluding carboxylic acids is 4. The number of allylic oxidation sites excluding steroid dienone is 2. The van der Waals surface area contributed by atoms with E-state index in [1.54, 1.807) is 13.1 Å². The summed E-state index contributed by atoms with van der Waals surface area (Å²) >= 11 is 0. The van der Waals surface area contributed by atoms with Crippen LogP contribution < -0.4 is 14.4 Å². The van der Waals surface area contributed by atoms with E-state index in [9.17, 15) is 36.0 Å². The first-order valence-electron chi connectivity index (χ1n) is 21.9. The van der Waals surface area contributed by atoms with Crippen LogP contribution in [-0.2, 0) is 38.7 Å². The Hall–Kier alpha value is -4.25. The highest BCUT2D eigenvalue weighted by atomic mass is 32.2. The third-order valence-corrected chi connectivity index (χ3v) is 16.1. The fourth-order valence-corrected chi connectivity index (χ4v) is 10.7. The molecule has 4 heterocycles. The number of rotatable bonds is 10. The summed E-state index contributed by atoms with van der Waals surface area (Å²) < 4.78 is 86.7. The molecule has 7 atom stereocenters. The van der Waals surface area contributed by atoms with Gasteiger partial charge < -0.3 is 24.0 Å². The molecule has 1 aromatic heterocycles. The van der Waals surface area contributed by atoms with Crippen molar-refractivity contribution in [1.29, 1.82) is 0 Å². The number of Topliss-reactive ketones (excluding diaryl/α,β-unsaturated/α-hetero) is 1. The molecule has 3 aliphatic heterocycles. The van der Waals surface area contributed by atoms with Crippen LogP contribution in [0.5, 0.6) is 5.88 Å². The number of alkyl halides is 3. The molecule has 0 unspecified atom stereocenters. The highest BCUT2D eigenvalue weighted by Gasteiger charge is 2.63. The number of morpholine rings is 1. The SMILES string of the molecule is CC[C@@H]1C[C@@H](C)CC/C=C\[C@@H]2C[C@@]2(C(=O)NS(=O)(=O)C2(C)CC2)CC(=O)[C@@H]2C[C@@H](Oc3ncc(N4CCOCC4)c4ccccc34)CN2C(=O)[C@H]1CC(=O)OC(C)(C)C(F)(F)F. The molecule has 2 saturated heterocycles. The maximum atomic E-state index is 15.1. The predicted octanol–water partition coefficient (Wildman–Crippen LogP) is 6.68. The van der Waals surface area contributed by atoms with E-state index in [4.69, 9.17) is 19.2 Å². The van der Waals surface area contributed by atoms with Gasteiger partial charge in [0.1, 0.15) is 6.10 Å². The minimum absolute atomic E-state index is 0.00810. The molecule has 17 heteroatoms. The summed E-state index contributed by atoms with van der Waals surface area (Å²) in [5.41, 5.74) is -3.29. The van der Waals surface area contributed by atoms with E-state index in [2.05, 4.69) is 9.62 Å². The number of amides is 2. The molecule has 4 fully saturated rings. The number of carbonyl (C=O) groups is 4. The Balaban J connectivity index is 1.24. The number of pyridine rings is 1. The molecule has 7 rings (SSSR count). The molecule has 2 aromatic rings. The lowest BCUT2D eigenvalue weighted by Gasteiger charge is -2.34. The number of halogens is 3. The average Bonchev–Trinajstić information content (AvgIpc) is 4.10.